The number of aliphatic hydroxyl groups excluding tert-OH is 2. The number of aliphatic hydroxyl groups is 2. The van der Waals surface area contributed by atoms with Crippen LogP contribution in [0.2, 0.25) is 0 Å². The molecule has 0 spiro atoms. The minimum atomic E-state index is -0.0907. The van der Waals surface area contributed by atoms with Crippen LogP contribution in [0.3, 0.4) is 0 Å². The van der Waals surface area contributed by atoms with E-state index >= 15 is 0 Å². The van der Waals surface area contributed by atoms with Gasteiger partial charge in [-0.1, -0.05) is 36.1 Å². The number of thiophene rings is 1. The molecule has 0 amide bonds. The Morgan fingerprint density at radius 2 is 1.64 bits per heavy atom. The van der Waals surface area contributed by atoms with Crippen LogP contribution in [0.5, 0.6) is 0 Å². The third-order valence-electron chi connectivity index (χ3n) is 4.49. The van der Waals surface area contributed by atoms with Crippen LogP contribution in [0.1, 0.15) is 21.6 Å². The van der Waals surface area contributed by atoms with Crippen molar-refractivity contribution >= 4 is 11.3 Å². The zero-order valence-electron chi connectivity index (χ0n) is 14.3. The third-order valence-corrected chi connectivity index (χ3v) is 5.41. The summed E-state index contributed by atoms with van der Waals surface area (Å²) < 4.78 is 0. The summed E-state index contributed by atoms with van der Waals surface area (Å²) in [6, 6.07) is 10.3. The maximum Gasteiger partial charge on any atom is 0.104 e. The molecule has 0 aliphatic carbocycles. The van der Waals surface area contributed by atoms with E-state index in [1.54, 1.807) is 11.3 Å². The Balaban J connectivity index is 1.49. The van der Waals surface area contributed by atoms with Crippen molar-refractivity contribution in [1.29, 1.82) is 0 Å². The first-order chi connectivity index (χ1) is 12.3. The van der Waals surface area contributed by atoms with E-state index in [0.29, 0.717) is 0 Å². The van der Waals surface area contributed by atoms with Gasteiger partial charge in [0.05, 0.1) is 6.61 Å². The van der Waals surface area contributed by atoms with Gasteiger partial charge in [0.1, 0.15) is 6.61 Å². The Morgan fingerprint density at radius 1 is 0.960 bits per heavy atom. The third kappa shape index (κ3) is 5.15. The number of rotatable bonds is 5. The molecule has 0 unspecified atom stereocenters. The van der Waals surface area contributed by atoms with Gasteiger partial charge in [-0.3, -0.25) is 9.80 Å². The number of piperazine rings is 1. The number of benzene rings is 1. The topological polar surface area (TPSA) is 46.9 Å². The second-order valence-corrected chi connectivity index (χ2v) is 7.24. The standard InChI is InChI=1S/C20H24N2O2S/c23-11-3-4-17-12-20(25-16-17)14-22-9-7-21(8-10-22)13-18-5-1-2-6-19(18)15-24/h1-2,5-6,12,16,23-24H,7-11,13-15H2. The van der Waals surface area contributed by atoms with E-state index in [1.165, 1.54) is 10.4 Å². The van der Waals surface area contributed by atoms with E-state index < -0.39 is 0 Å². The van der Waals surface area contributed by atoms with Crippen molar-refractivity contribution in [3.63, 3.8) is 0 Å². The first-order valence-electron chi connectivity index (χ1n) is 8.58. The Hall–Kier alpha value is -1.68. The summed E-state index contributed by atoms with van der Waals surface area (Å²) in [6.07, 6.45) is 0. The average Bonchev–Trinajstić information content (AvgIpc) is 3.09. The normalized spacial score (nSPS) is 15.8. The fourth-order valence-corrected chi connectivity index (χ4v) is 3.96. The molecule has 1 saturated heterocycles. The smallest absolute Gasteiger partial charge is 0.104 e. The molecule has 1 aliphatic heterocycles. The molecular weight excluding hydrogens is 332 g/mol. The second-order valence-electron chi connectivity index (χ2n) is 6.24. The minimum absolute atomic E-state index is 0.0907. The molecule has 25 heavy (non-hydrogen) atoms. The van der Waals surface area contributed by atoms with E-state index in [0.717, 1.165) is 50.4 Å². The van der Waals surface area contributed by atoms with Gasteiger partial charge >= 0.3 is 0 Å². The van der Waals surface area contributed by atoms with Crippen LogP contribution in [0.15, 0.2) is 35.7 Å². The summed E-state index contributed by atoms with van der Waals surface area (Å²) in [7, 11) is 0. The van der Waals surface area contributed by atoms with Crippen LogP contribution < -0.4 is 0 Å². The van der Waals surface area contributed by atoms with Crippen molar-refractivity contribution in [2.75, 3.05) is 32.8 Å². The van der Waals surface area contributed by atoms with Gasteiger partial charge in [-0.25, -0.2) is 0 Å². The van der Waals surface area contributed by atoms with Gasteiger partial charge in [0.2, 0.25) is 0 Å². The summed E-state index contributed by atoms with van der Waals surface area (Å²) >= 11 is 1.73. The highest BCUT2D eigenvalue weighted by Crippen LogP contribution is 2.18. The molecule has 4 nitrogen and oxygen atoms in total. The summed E-state index contributed by atoms with van der Waals surface area (Å²) in [5.74, 6) is 5.65. The number of nitrogens with zero attached hydrogens (tertiary/aromatic N) is 2. The molecule has 2 heterocycles. The molecule has 0 radical (unpaired) electrons. The predicted molar refractivity (Wildman–Crippen MR) is 101 cm³/mol. The molecule has 1 fully saturated rings. The molecule has 0 bridgehead atoms. The van der Waals surface area contributed by atoms with Crippen LogP contribution in [-0.2, 0) is 19.7 Å². The average molecular weight is 356 g/mol. The highest BCUT2D eigenvalue weighted by atomic mass is 32.1. The van der Waals surface area contributed by atoms with E-state index in [9.17, 15) is 5.11 Å². The van der Waals surface area contributed by atoms with Crippen molar-refractivity contribution in [2.45, 2.75) is 19.7 Å². The Labute approximate surface area is 153 Å². The van der Waals surface area contributed by atoms with Crippen LogP contribution in [-0.4, -0.2) is 52.8 Å². The minimum Gasteiger partial charge on any atom is -0.392 e. The highest BCUT2D eigenvalue weighted by molar-refractivity contribution is 7.10. The van der Waals surface area contributed by atoms with Crippen LogP contribution >= 0.6 is 11.3 Å². The first kappa shape index (κ1) is 18.1. The molecule has 1 aromatic heterocycles. The fourth-order valence-electron chi connectivity index (χ4n) is 3.10. The lowest BCUT2D eigenvalue weighted by Crippen LogP contribution is -2.45. The van der Waals surface area contributed by atoms with Crippen molar-refractivity contribution in [2.24, 2.45) is 0 Å². The maximum absolute atomic E-state index is 9.46. The zero-order valence-corrected chi connectivity index (χ0v) is 15.1. The Bertz CT molecular complexity index is 739. The number of hydrogen-bond acceptors (Lipinski definition) is 5. The van der Waals surface area contributed by atoms with Gasteiger partial charge in [-0.2, -0.15) is 0 Å². The molecular formula is C20H24N2O2S. The van der Waals surface area contributed by atoms with Crippen molar-refractivity contribution in [3.8, 4) is 11.8 Å². The fraction of sp³-hybridized carbons (Fsp3) is 0.400. The summed E-state index contributed by atoms with van der Waals surface area (Å²) in [5.41, 5.74) is 3.25. The molecule has 2 aromatic rings. The van der Waals surface area contributed by atoms with Gasteiger partial charge in [0.25, 0.3) is 0 Å². The quantitative estimate of drug-likeness (QED) is 0.804. The predicted octanol–water partition coefficient (Wildman–Crippen LogP) is 1.90. The first-order valence-corrected chi connectivity index (χ1v) is 9.46. The lowest BCUT2D eigenvalue weighted by Gasteiger charge is -2.34. The molecule has 2 N–H and O–H groups in total. The van der Waals surface area contributed by atoms with E-state index in [2.05, 4.69) is 39.2 Å². The van der Waals surface area contributed by atoms with Crippen LogP contribution in [0, 0.1) is 11.8 Å². The molecule has 3 rings (SSSR count). The Morgan fingerprint density at radius 3 is 2.32 bits per heavy atom. The molecule has 0 saturated carbocycles. The van der Waals surface area contributed by atoms with Crippen LogP contribution in [0.4, 0.5) is 0 Å². The SMILES string of the molecule is OCC#Cc1csc(CN2CCN(Cc3ccccc3CO)CC2)c1. The van der Waals surface area contributed by atoms with E-state index in [1.807, 2.05) is 18.2 Å². The van der Waals surface area contributed by atoms with Crippen molar-refractivity contribution < 1.29 is 10.2 Å². The second kappa shape index (κ2) is 9.14. The number of hydrogen-bond donors (Lipinski definition) is 2. The van der Waals surface area contributed by atoms with Gasteiger partial charge < -0.3 is 10.2 Å². The largest absolute Gasteiger partial charge is 0.392 e. The lowest BCUT2D eigenvalue weighted by atomic mass is 10.1. The summed E-state index contributed by atoms with van der Waals surface area (Å²) in [6.45, 7) is 6.08. The monoisotopic (exact) mass is 356 g/mol. The van der Waals surface area contributed by atoms with Crippen molar-refractivity contribution in [3.05, 3.63) is 57.3 Å². The van der Waals surface area contributed by atoms with Crippen LogP contribution in [0.25, 0.3) is 0 Å². The van der Waals surface area contributed by atoms with Gasteiger partial charge in [0.15, 0.2) is 0 Å². The van der Waals surface area contributed by atoms with E-state index in [-0.39, 0.29) is 13.2 Å². The van der Waals surface area contributed by atoms with Gasteiger partial charge in [0, 0.05) is 55.1 Å². The molecule has 1 aromatic carbocycles. The summed E-state index contributed by atoms with van der Waals surface area (Å²) in [5, 5.41) is 20.3. The van der Waals surface area contributed by atoms with E-state index in [4.69, 9.17) is 5.11 Å². The molecule has 5 heteroatoms. The molecule has 132 valence electrons. The maximum atomic E-state index is 9.46. The molecule has 0 atom stereocenters. The zero-order chi connectivity index (χ0) is 17.5. The van der Waals surface area contributed by atoms with Gasteiger partial charge in [-0.05, 0) is 17.2 Å². The van der Waals surface area contributed by atoms with Gasteiger partial charge in [-0.15, -0.1) is 11.3 Å². The molecule has 1 aliphatic rings. The Kier molecular flexibility index (Phi) is 6.62. The lowest BCUT2D eigenvalue weighted by molar-refractivity contribution is 0.122. The highest BCUT2D eigenvalue weighted by Gasteiger charge is 2.18. The summed E-state index contributed by atoms with van der Waals surface area (Å²) in [4.78, 5) is 6.25. The van der Waals surface area contributed by atoms with Crippen molar-refractivity contribution in [1.82, 2.24) is 9.80 Å².